The normalized spacial score (nSPS) is 12.0. The van der Waals surface area contributed by atoms with Crippen LogP contribution in [-0.4, -0.2) is 50.5 Å². The van der Waals surface area contributed by atoms with Crippen LogP contribution in [0.15, 0.2) is 72.8 Å². The zero-order valence-corrected chi connectivity index (χ0v) is 24.7. The summed E-state index contributed by atoms with van der Waals surface area (Å²) in [5.74, 6) is -0.902. The smallest absolute Gasteiger partial charge is 0.244 e. The number of sulfonamides is 1. The van der Waals surface area contributed by atoms with E-state index in [-0.39, 0.29) is 24.6 Å². The standard InChI is InChI=1S/C28H30Cl3N3O4S/c1-3-15-32-28(36)26(17-20-7-5-4-6-8-20)33(18-21-9-14-24(30)25(31)16-21)27(35)19-34(39(2,37)38)23-12-10-22(29)11-13-23/h4-14,16,26H,3,15,17-19H2,1-2H3,(H,32,36)/t26-/m0/s1. The van der Waals surface area contributed by atoms with Crippen molar-refractivity contribution in [3.8, 4) is 0 Å². The third-order valence-electron chi connectivity index (χ3n) is 5.95. The van der Waals surface area contributed by atoms with Crippen LogP contribution in [0.3, 0.4) is 0 Å². The molecule has 3 rings (SSSR count). The molecule has 0 bridgehead atoms. The molecule has 0 spiro atoms. The molecule has 7 nitrogen and oxygen atoms in total. The quantitative estimate of drug-likeness (QED) is 0.290. The second-order valence-corrected chi connectivity index (χ2v) is 12.2. The van der Waals surface area contributed by atoms with Gasteiger partial charge in [0.15, 0.2) is 0 Å². The van der Waals surface area contributed by atoms with Crippen LogP contribution in [0, 0.1) is 0 Å². The lowest BCUT2D eigenvalue weighted by atomic mass is 10.0. The van der Waals surface area contributed by atoms with Crippen molar-refractivity contribution >= 4 is 62.3 Å². The predicted octanol–water partition coefficient (Wildman–Crippen LogP) is 5.58. The average Bonchev–Trinajstić information content (AvgIpc) is 2.90. The Labute approximate surface area is 244 Å². The predicted molar refractivity (Wildman–Crippen MR) is 158 cm³/mol. The highest BCUT2D eigenvalue weighted by Crippen LogP contribution is 2.25. The van der Waals surface area contributed by atoms with Crippen molar-refractivity contribution in [2.24, 2.45) is 0 Å². The molecule has 0 saturated heterocycles. The summed E-state index contributed by atoms with van der Waals surface area (Å²) in [5, 5.41) is 3.97. The zero-order valence-electron chi connectivity index (χ0n) is 21.6. The van der Waals surface area contributed by atoms with E-state index in [1.807, 2.05) is 37.3 Å². The molecule has 0 aliphatic rings. The van der Waals surface area contributed by atoms with Gasteiger partial charge in [0.25, 0.3) is 0 Å². The maximum absolute atomic E-state index is 14.0. The van der Waals surface area contributed by atoms with Gasteiger partial charge in [0.05, 0.1) is 22.0 Å². The second kappa shape index (κ2) is 14.0. The zero-order chi connectivity index (χ0) is 28.6. The topological polar surface area (TPSA) is 86.8 Å². The molecule has 11 heteroatoms. The molecule has 3 aromatic rings. The first-order chi connectivity index (χ1) is 18.5. The summed E-state index contributed by atoms with van der Waals surface area (Å²) < 4.78 is 26.5. The molecule has 2 amide bonds. The van der Waals surface area contributed by atoms with Gasteiger partial charge in [0, 0.05) is 24.5 Å². The number of anilines is 1. The first-order valence-corrected chi connectivity index (χ1v) is 15.3. The number of hydrogen-bond acceptors (Lipinski definition) is 4. The fourth-order valence-corrected chi connectivity index (χ4v) is 5.27. The van der Waals surface area contributed by atoms with Crippen molar-refractivity contribution in [2.75, 3.05) is 23.7 Å². The van der Waals surface area contributed by atoms with E-state index in [0.717, 1.165) is 16.1 Å². The molecular weight excluding hydrogens is 581 g/mol. The van der Waals surface area contributed by atoms with E-state index < -0.39 is 28.5 Å². The highest BCUT2D eigenvalue weighted by atomic mass is 35.5. The Hall–Kier alpha value is -2.78. The van der Waals surface area contributed by atoms with Gasteiger partial charge in [-0.2, -0.15) is 0 Å². The van der Waals surface area contributed by atoms with Gasteiger partial charge in [-0.3, -0.25) is 13.9 Å². The number of amides is 2. The number of nitrogens with one attached hydrogen (secondary N) is 1. The first kappa shape index (κ1) is 30.8. The molecule has 0 heterocycles. The Morgan fingerprint density at radius 3 is 2.15 bits per heavy atom. The van der Waals surface area contributed by atoms with E-state index in [9.17, 15) is 18.0 Å². The van der Waals surface area contributed by atoms with Crippen molar-refractivity contribution in [1.29, 1.82) is 0 Å². The second-order valence-electron chi connectivity index (χ2n) is 9.01. The first-order valence-electron chi connectivity index (χ1n) is 12.3. The SMILES string of the molecule is CCCNC(=O)[C@H](Cc1ccccc1)N(Cc1ccc(Cl)c(Cl)c1)C(=O)CN(c1ccc(Cl)cc1)S(C)(=O)=O. The van der Waals surface area contributed by atoms with Crippen molar-refractivity contribution < 1.29 is 18.0 Å². The summed E-state index contributed by atoms with van der Waals surface area (Å²) in [6, 6.07) is 19.5. The molecule has 0 fully saturated rings. The van der Waals surface area contributed by atoms with Gasteiger partial charge in [-0.05, 0) is 53.9 Å². The summed E-state index contributed by atoms with van der Waals surface area (Å²) in [6.07, 6.45) is 1.96. The van der Waals surface area contributed by atoms with Crippen LogP contribution >= 0.6 is 34.8 Å². The van der Waals surface area contributed by atoms with E-state index in [2.05, 4.69) is 5.32 Å². The Morgan fingerprint density at radius 1 is 0.897 bits per heavy atom. The molecule has 3 aromatic carbocycles. The summed E-state index contributed by atoms with van der Waals surface area (Å²) in [4.78, 5) is 28.8. The number of hydrogen-bond donors (Lipinski definition) is 1. The van der Waals surface area contributed by atoms with Gasteiger partial charge < -0.3 is 10.2 Å². The lowest BCUT2D eigenvalue weighted by Gasteiger charge is -2.33. The number of benzene rings is 3. The molecule has 0 radical (unpaired) electrons. The molecule has 1 atom stereocenters. The lowest BCUT2D eigenvalue weighted by Crippen LogP contribution is -2.53. The molecule has 0 unspecified atom stereocenters. The number of halogens is 3. The minimum Gasteiger partial charge on any atom is -0.354 e. The van der Waals surface area contributed by atoms with Gasteiger partial charge in [-0.1, -0.05) is 78.1 Å². The molecule has 0 aliphatic carbocycles. The van der Waals surface area contributed by atoms with Crippen LogP contribution < -0.4 is 9.62 Å². The van der Waals surface area contributed by atoms with Gasteiger partial charge in [0.1, 0.15) is 12.6 Å². The number of carbonyl (C=O) groups is 2. The van der Waals surface area contributed by atoms with Gasteiger partial charge in [-0.25, -0.2) is 8.42 Å². The van der Waals surface area contributed by atoms with Crippen molar-refractivity contribution in [3.05, 3.63) is 99.0 Å². The maximum Gasteiger partial charge on any atom is 0.244 e. The molecule has 0 saturated carbocycles. The number of carbonyl (C=O) groups excluding carboxylic acids is 2. The van der Waals surface area contributed by atoms with Crippen LogP contribution in [0.5, 0.6) is 0 Å². The lowest BCUT2D eigenvalue weighted by molar-refractivity contribution is -0.140. The number of rotatable bonds is 12. The molecule has 1 N–H and O–H groups in total. The molecule has 208 valence electrons. The Bertz CT molecular complexity index is 1390. The van der Waals surface area contributed by atoms with E-state index in [1.165, 1.54) is 17.0 Å². The minimum atomic E-state index is -3.86. The van der Waals surface area contributed by atoms with E-state index in [4.69, 9.17) is 34.8 Å². The third-order valence-corrected chi connectivity index (χ3v) is 8.08. The third kappa shape index (κ3) is 8.86. The maximum atomic E-state index is 14.0. The summed E-state index contributed by atoms with van der Waals surface area (Å²) >= 11 is 18.3. The summed E-state index contributed by atoms with van der Waals surface area (Å²) in [7, 11) is -3.86. The van der Waals surface area contributed by atoms with Gasteiger partial charge >= 0.3 is 0 Å². The molecule has 0 aliphatic heterocycles. The average molecular weight is 611 g/mol. The van der Waals surface area contributed by atoms with Crippen molar-refractivity contribution in [2.45, 2.75) is 32.4 Å². The van der Waals surface area contributed by atoms with Gasteiger partial charge in [-0.15, -0.1) is 0 Å². The van der Waals surface area contributed by atoms with Crippen LogP contribution in [0.4, 0.5) is 5.69 Å². The fourth-order valence-electron chi connectivity index (χ4n) is 3.98. The van der Waals surface area contributed by atoms with E-state index in [0.29, 0.717) is 33.6 Å². The highest BCUT2D eigenvalue weighted by Gasteiger charge is 2.33. The van der Waals surface area contributed by atoms with Crippen LogP contribution in [0.1, 0.15) is 24.5 Å². The largest absolute Gasteiger partial charge is 0.354 e. The minimum absolute atomic E-state index is 0.00495. The monoisotopic (exact) mass is 609 g/mol. The summed E-state index contributed by atoms with van der Waals surface area (Å²) in [5.41, 5.74) is 1.76. The van der Waals surface area contributed by atoms with E-state index >= 15 is 0 Å². The van der Waals surface area contributed by atoms with Crippen LogP contribution in [-0.2, 0) is 32.6 Å². The van der Waals surface area contributed by atoms with Crippen LogP contribution in [0.2, 0.25) is 15.1 Å². The highest BCUT2D eigenvalue weighted by molar-refractivity contribution is 7.92. The van der Waals surface area contributed by atoms with Crippen LogP contribution in [0.25, 0.3) is 0 Å². The fraction of sp³-hybridized carbons (Fsp3) is 0.286. The van der Waals surface area contributed by atoms with E-state index in [1.54, 1.807) is 30.3 Å². The molecule has 0 aromatic heterocycles. The van der Waals surface area contributed by atoms with Crippen molar-refractivity contribution in [3.63, 3.8) is 0 Å². The Kier molecular flexibility index (Phi) is 11.1. The van der Waals surface area contributed by atoms with Gasteiger partial charge in [0.2, 0.25) is 21.8 Å². The Morgan fingerprint density at radius 2 is 1.56 bits per heavy atom. The molecular formula is C28H30Cl3N3O4S. The molecule has 39 heavy (non-hydrogen) atoms. The van der Waals surface area contributed by atoms with Crippen molar-refractivity contribution in [1.82, 2.24) is 10.2 Å². The summed E-state index contributed by atoms with van der Waals surface area (Å²) in [6.45, 7) is 1.85. The number of nitrogens with zero attached hydrogens (tertiary/aromatic N) is 2. The Balaban J connectivity index is 2.05.